The van der Waals surface area contributed by atoms with Crippen molar-refractivity contribution in [3.63, 3.8) is 0 Å². The molecule has 0 spiro atoms. The molecule has 0 radical (unpaired) electrons. The zero-order valence-corrected chi connectivity index (χ0v) is 7.80. The topological polar surface area (TPSA) is 86.7 Å². The van der Waals surface area contributed by atoms with Crippen LogP contribution in [0.4, 0.5) is 0 Å². The molecule has 1 aromatic carbocycles. The van der Waals surface area contributed by atoms with E-state index in [1.807, 2.05) is 0 Å². The Morgan fingerprint density at radius 2 is 1.79 bits per heavy atom. The lowest BCUT2D eigenvalue weighted by molar-refractivity contribution is 0.265. The van der Waals surface area contributed by atoms with Crippen molar-refractivity contribution < 1.29 is 15.2 Å². The van der Waals surface area contributed by atoms with Crippen molar-refractivity contribution in [2.24, 2.45) is 5.73 Å². The lowest BCUT2D eigenvalue weighted by Crippen LogP contribution is -2.30. The van der Waals surface area contributed by atoms with Gasteiger partial charge in [0, 0.05) is 6.04 Å². The van der Waals surface area contributed by atoms with Gasteiger partial charge in [-0.25, -0.2) is 0 Å². The number of aliphatic hydroxyl groups excluding tert-OH is 1. The van der Waals surface area contributed by atoms with Gasteiger partial charge in [0.15, 0.2) is 0 Å². The molecule has 4 nitrogen and oxygen atoms in total. The maximum Gasteiger partial charge on any atom is 0.488 e. The number of benzene rings is 1. The molecule has 0 heterocycles. The first kappa shape index (κ1) is 11.2. The van der Waals surface area contributed by atoms with Gasteiger partial charge in [-0.3, -0.25) is 0 Å². The lowest BCUT2D eigenvalue weighted by atomic mass is 9.80. The maximum absolute atomic E-state index is 8.83. The van der Waals surface area contributed by atoms with Gasteiger partial charge in [-0.1, -0.05) is 24.3 Å². The average molecular weight is 195 g/mol. The largest absolute Gasteiger partial charge is 0.488 e. The van der Waals surface area contributed by atoms with Crippen molar-refractivity contribution in [1.82, 2.24) is 0 Å². The summed E-state index contributed by atoms with van der Waals surface area (Å²) < 4.78 is 0. The molecule has 0 aliphatic rings. The molecule has 0 aromatic heterocycles. The van der Waals surface area contributed by atoms with Crippen LogP contribution in [-0.2, 0) is 6.42 Å². The molecule has 76 valence electrons. The molecule has 5 heteroatoms. The van der Waals surface area contributed by atoms with Crippen LogP contribution in [-0.4, -0.2) is 34.9 Å². The molecule has 1 atom stereocenters. The molecule has 1 aromatic rings. The summed E-state index contributed by atoms with van der Waals surface area (Å²) in [4.78, 5) is 0. The Labute approximate surface area is 83.1 Å². The van der Waals surface area contributed by atoms with Crippen molar-refractivity contribution in [2.45, 2.75) is 12.5 Å². The van der Waals surface area contributed by atoms with E-state index in [1.165, 1.54) is 0 Å². The average Bonchev–Trinajstić information content (AvgIpc) is 2.18. The van der Waals surface area contributed by atoms with Crippen molar-refractivity contribution in [1.29, 1.82) is 0 Å². The number of aliphatic hydroxyl groups is 1. The van der Waals surface area contributed by atoms with Gasteiger partial charge < -0.3 is 20.9 Å². The van der Waals surface area contributed by atoms with Crippen LogP contribution in [0.3, 0.4) is 0 Å². The Hall–Kier alpha value is -0.875. The molecule has 0 unspecified atom stereocenters. The third-order valence-corrected chi connectivity index (χ3v) is 2.01. The van der Waals surface area contributed by atoms with Crippen LogP contribution in [0.5, 0.6) is 0 Å². The summed E-state index contributed by atoms with van der Waals surface area (Å²) in [5.41, 5.74) is 6.97. The molecule has 0 saturated heterocycles. The normalized spacial score (nSPS) is 12.6. The molecule has 0 bridgehead atoms. The SMILES string of the molecule is N[C@@H](CO)Cc1ccc(B(O)O)cc1. The lowest BCUT2D eigenvalue weighted by Gasteiger charge is -2.08. The maximum atomic E-state index is 8.83. The number of hydrogen-bond acceptors (Lipinski definition) is 4. The van der Waals surface area contributed by atoms with E-state index in [4.69, 9.17) is 20.9 Å². The van der Waals surface area contributed by atoms with Crippen LogP contribution in [0.1, 0.15) is 5.56 Å². The zero-order valence-electron chi connectivity index (χ0n) is 7.80. The van der Waals surface area contributed by atoms with Crippen molar-refractivity contribution >= 4 is 12.6 Å². The minimum Gasteiger partial charge on any atom is -0.423 e. The molecular weight excluding hydrogens is 181 g/mol. The number of rotatable bonds is 4. The highest BCUT2D eigenvalue weighted by Gasteiger charge is 2.10. The van der Waals surface area contributed by atoms with Gasteiger partial charge in [-0.05, 0) is 17.4 Å². The molecule has 5 N–H and O–H groups in total. The van der Waals surface area contributed by atoms with Gasteiger partial charge in [0.2, 0.25) is 0 Å². The van der Waals surface area contributed by atoms with Gasteiger partial charge in [0.1, 0.15) is 0 Å². The number of hydrogen-bond donors (Lipinski definition) is 4. The van der Waals surface area contributed by atoms with Gasteiger partial charge in [0.25, 0.3) is 0 Å². The van der Waals surface area contributed by atoms with E-state index in [1.54, 1.807) is 24.3 Å². The fourth-order valence-corrected chi connectivity index (χ4v) is 1.19. The van der Waals surface area contributed by atoms with Crippen molar-refractivity contribution in [2.75, 3.05) is 6.61 Å². The van der Waals surface area contributed by atoms with Crippen LogP contribution < -0.4 is 11.2 Å². The summed E-state index contributed by atoms with van der Waals surface area (Å²) in [5, 5.41) is 26.4. The van der Waals surface area contributed by atoms with Crippen LogP contribution in [0, 0.1) is 0 Å². The first-order valence-corrected chi connectivity index (χ1v) is 4.45. The molecule has 14 heavy (non-hydrogen) atoms. The van der Waals surface area contributed by atoms with Crippen LogP contribution in [0.25, 0.3) is 0 Å². The minimum absolute atomic E-state index is 0.0512. The van der Waals surface area contributed by atoms with Crippen LogP contribution in [0.15, 0.2) is 24.3 Å². The van der Waals surface area contributed by atoms with E-state index in [0.717, 1.165) is 5.56 Å². The Bertz CT molecular complexity index is 276. The quantitative estimate of drug-likeness (QED) is 0.428. The van der Waals surface area contributed by atoms with Crippen LogP contribution >= 0.6 is 0 Å². The first-order valence-electron chi connectivity index (χ1n) is 4.45. The van der Waals surface area contributed by atoms with E-state index >= 15 is 0 Å². The van der Waals surface area contributed by atoms with Gasteiger partial charge >= 0.3 is 7.12 Å². The third-order valence-electron chi connectivity index (χ3n) is 2.01. The summed E-state index contributed by atoms with van der Waals surface area (Å²) in [6, 6.07) is 6.53. The van der Waals surface area contributed by atoms with Crippen molar-refractivity contribution in [3.8, 4) is 0 Å². The van der Waals surface area contributed by atoms with E-state index in [2.05, 4.69) is 0 Å². The highest BCUT2D eigenvalue weighted by molar-refractivity contribution is 6.58. The standard InChI is InChI=1S/C9H14BNO3/c11-9(6-12)5-7-1-3-8(4-2-7)10(13)14/h1-4,9,12-14H,5-6,11H2/t9-/m1/s1. The Morgan fingerprint density at radius 1 is 1.21 bits per heavy atom. The predicted molar refractivity (Wildman–Crippen MR) is 55.0 cm³/mol. The summed E-state index contributed by atoms with van der Waals surface area (Å²) >= 11 is 0. The molecule has 0 amide bonds. The zero-order chi connectivity index (χ0) is 10.6. The summed E-state index contributed by atoms with van der Waals surface area (Å²) in [6.45, 7) is -0.0512. The van der Waals surface area contributed by atoms with E-state index in [0.29, 0.717) is 11.9 Å². The molecular formula is C9H14BNO3. The van der Waals surface area contributed by atoms with E-state index in [-0.39, 0.29) is 12.6 Å². The van der Waals surface area contributed by atoms with Crippen LogP contribution in [0.2, 0.25) is 0 Å². The second kappa shape index (κ2) is 5.12. The summed E-state index contributed by atoms with van der Waals surface area (Å²) in [6.07, 6.45) is 0.582. The third kappa shape index (κ3) is 3.12. The first-order chi connectivity index (χ1) is 6.63. The highest BCUT2D eigenvalue weighted by Crippen LogP contribution is 2.00. The fraction of sp³-hybridized carbons (Fsp3) is 0.333. The Balaban J connectivity index is 2.64. The molecule has 1 rings (SSSR count). The fourth-order valence-electron chi connectivity index (χ4n) is 1.19. The molecule has 0 saturated carbocycles. The van der Waals surface area contributed by atoms with Crippen molar-refractivity contribution in [3.05, 3.63) is 29.8 Å². The second-order valence-corrected chi connectivity index (χ2v) is 3.26. The van der Waals surface area contributed by atoms with Gasteiger partial charge in [-0.15, -0.1) is 0 Å². The van der Waals surface area contributed by atoms with E-state index in [9.17, 15) is 0 Å². The monoisotopic (exact) mass is 195 g/mol. The summed E-state index contributed by atoms with van der Waals surface area (Å²) in [5.74, 6) is 0. The Morgan fingerprint density at radius 3 is 2.21 bits per heavy atom. The second-order valence-electron chi connectivity index (χ2n) is 3.26. The Kier molecular flexibility index (Phi) is 4.09. The number of nitrogens with two attached hydrogens (primary N) is 1. The highest BCUT2D eigenvalue weighted by atomic mass is 16.4. The molecule has 0 aliphatic carbocycles. The predicted octanol–water partition coefficient (Wildman–Crippen LogP) is -1.77. The van der Waals surface area contributed by atoms with Gasteiger partial charge in [0.05, 0.1) is 6.61 Å². The summed E-state index contributed by atoms with van der Waals surface area (Å²) in [7, 11) is -1.43. The van der Waals surface area contributed by atoms with Gasteiger partial charge in [-0.2, -0.15) is 0 Å². The molecule has 0 fully saturated rings. The minimum atomic E-state index is -1.43. The van der Waals surface area contributed by atoms with E-state index < -0.39 is 7.12 Å². The smallest absolute Gasteiger partial charge is 0.423 e. The molecule has 0 aliphatic heterocycles.